The van der Waals surface area contributed by atoms with Crippen LogP contribution in [-0.2, 0) is 41.6 Å². The van der Waals surface area contributed by atoms with Crippen molar-refractivity contribution in [2.24, 2.45) is 5.41 Å². The molecule has 2 atom stereocenters. The second-order valence-electron chi connectivity index (χ2n) is 11.8. The molecule has 0 spiro atoms. The molecule has 6 nitrogen and oxygen atoms in total. The first-order valence-electron chi connectivity index (χ1n) is 14.3. The summed E-state index contributed by atoms with van der Waals surface area (Å²) in [7, 11) is -1.31. The number of aliphatic carboxylic acids is 1. The fourth-order valence-corrected chi connectivity index (χ4v) is 7.40. The zero-order valence-corrected chi connectivity index (χ0v) is 25.9. The number of hydrogen-bond donors (Lipinski definition) is 1. The van der Waals surface area contributed by atoms with Gasteiger partial charge in [-0.2, -0.15) is 0 Å². The lowest BCUT2D eigenvalue weighted by Gasteiger charge is -2.24. The van der Waals surface area contributed by atoms with E-state index in [0.29, 0.717) is 24.6 Å². The highest BCUT2D eigenvalue weighted by atomic mass is 35.5. The molecule has 1 aliphatic heterocycles. The molecule has 6 rings (SSSR count). The fourth-order valence-electron chi connectivity index (χ4n) is 5.71. The molecule has 1 N–H and O–H groups in total. The number of nitrogens with zero attached hydrogens (tertiary/aromatic N) is 2. The van der Waals surface area contributed by atoms with Gasteiger partial charge in [-0.3, -0.25) is 14.0 Å². The van der Waals surface area contributed by atoms with E-state index in [0.717, 1.165) is 55.2 Å². The standard InChI is InChI=1S/C35H33ClN2O4S/c1-22-17-28-31(42-21-27-14-11-25(19-37-27)24-7-5-4-6-8-24)16-15-29-32(28)33(43(22)41)30(18-35(2,3)34(39)40)38(29)20-23-9-12-26(36)13-10-23/h4-16,19,22H,17-18,20-21H2,1-3H3,(H,39,40)/t22-,43?/m1/s1. The molecule has 3 heterocycles. The Hall–Kier alpha value is -3.94. The maximum absolute atomic E-state index is 13.9. The number of benzene rings is 3. The van der Waals surface area contributed by atoms with Gasteiger partial charge in [-0.15, -0.1) is 0 Å². The van der Waals surface area contributed by atoms with E-state index in [-0.39, 0.29) is 11.7 Å². The second kappa shape index (κ2) is 11.6. The quantitative estimate of drug-likeness (QED) is 0.185. The van der Waals surface area contributed by atoms with Crippen LogP contribution in [0.5, 0.6) is 5.75 Å². The third-order valence-electron chi connectivity index (χ3n) is 8.16. The van der Waals surface area contributed by atoms with Gasteiger partial charge >= 0.3 is 5.97 Å². The van der Waals surface area contributed by atoms with Crippen molar-refractivity contribution in [2.75, 3.05) is 0 Å². The molecule has 1 aliphatic rings. The maximum Gasteiger partial charge on any atom is 0.309 e. The largest absolute Gasteiger partial charge is 0.487 e. The number of halogens is 1. The van der Waals surface area contributed by atoms with Crippen LogP contribution in [0.25, 0.3) is 22.0 Å². The summed E-state index contributed by atoms with van der Waals surface area (Å²) in [6.45, 7) is 6.21. The van der Waals surface area contributed by atoms with Crippen molar-refractivity contribution >= 4 is 39.3 Å². The van der Waals surface area contributed by atoms with E-state index in [9.17, 15) is 14.1 Å². The van der Waals surface area contributed by atoms with Crippen LogP contribution >= 0.6 is 11.6 Å². The van der Waals surface area contributed by atoms with Crippen LogP contribution in [0.15, 0.2) is 90.0 Å². The van der Waals surface area contributed by atoms with Gasteiger partial charge in [0, 0.05) is 51.6 Å². The van der Waals surface area contributed by atoms with Crippen LogP contribution in [-0.4, -0.2) is 30.1 Å². The SMILES string of the molecule is C[C@@H]1Cc2c(OCc3ccc(-c4ccccc4)cn3)ccc3c2c(c(CC(C)(C)C(=O)O)n3Cc2ccc(Cl)cc2)S1=O. The highest BCUT2D eigenvalue weighted by molar-refractivity contribution is 7.86. The molecule has 0 amide bonds. The normalized spacial score (nSPS) is 16.4. The lowest BCUT2D eigenvalue weighted by Crippen LogP contribution is -2.29. The molecular formula is C35H33ClN2O4S. The average Bonchev–Trinajstić information content (AvgIpc) is 3.30. The van der Waals surface area contributed by atoms with Crippen LogP contribution in [0.3, 0.4) is 0 Å². The van der Waals surface area contributed by atoms with Crippen LogP contribution in [0.1, 0.15) is 43.3 Å². The first kappa shape index (κ1) is 29.1. The molecule has 43 heavy (non-hydrogen) atoms. The molecule has 0 saturated carbocycles. The number of pyridine rings is 1. The van der Waals surface area contributed by atoms with Gasteiger partial charge in [0.2, 0.25) is 0 Å². The summed E-state index contributed by atoms with van der Waals surface area (Å²) in [6.07, 6.45) is 2.70. The van der Waals surface area contributed by atoms with Gasteiger partial charge in [0.25, 0.3) is 0 Å². The summed E-state index contributed by atoms with van der Waals surface area (Å²) in [5, 5.41) is 11.4. The number of rotatable bonds is 9. The van der Waals surface area contributed by atoms with Crippen molar-refractivity contribution in [1.29, 1.82) is 0 Å². The minimum Gasteiger partial charge on any atom is -0.487 e. The number of carbonyl (C=O) groups is 1. The minimum atomic E-state index is -1.31. The molecule has 0 aliphatic carbocycles. The van der Waals surface area contributed by atoms with Crippen LogP contribution < -0.4 is 4.74 Å². The first-order chi connectivity index (χ1) is 20.6. The topological polar surface area (TPSA) is 81.4 Å². The number of aromatic nitrogens is 2. The molecule has 2 aromatic heterocycles. The molecule has 0 saturated heterocycles. The third-order valence-corrected chi connectivity index (χ3v) is 10.2. The summed E-state index contributed by atoms with van der Waals surface area (Å²) < 4.78 is 22.4. The smallest absolute Gasteiger partial charge is 0.309 e. The Labute approximate surface area is 258 Å². The predicted molar refractivity (Wildman–Crippen MR) is 171 cm³/mol. The van der Waals surface area contributed by atoms with Gasteiger partial charge in [0.1, 0.15) is 12.4 Å². The van der Waals surface area contributed by atoms with E-state index < -0.39 is 22.2 Å². The van der Waals surface area contributed by atoms with Crippen molar-refractivity contribution in [2.45, 2.75) is 56.9 Å². The van der Waals surface area contributed by atoms with Gasteiger partial charge in [0.05, 0.1) is 32.3 Å². The highest BCUT2D eigenvalue weighted by Gasteiger charge is 2.37. The molecule has 0 radical (unpaired) electrons. The summed E-state index contributed by atoms with van der Waals surface area (Å²) in [4.78, 5) is 17.6. The highest BCUT2D eigenvalue weighted by Crippen LogP contribution is 2.44. The van der Waals surface area contributed by atoms with E-state index in [2.05, 4.69) is 21.7 Å². The van der Waals surface area contributed by atoms with Crippen LogP contribution in [0.2, 0.25) is 5.02 Å². The van der Waals surface area contributed by atoms with Gasteiger partial charge in [-0.05, 0) is 61.7 Å². The van der Waals surface area contributed by atoms with E-state index >= 15 is 0 Å². The molecule has 8 heteroatoms. The molecule has 3 aromatic carbocycles. The Balaban J connectivity index is 1.41. The van der Waals surface area contributed by atoms with Crippen molar-refractivity contribution in [3.8, 4) is 16.9 Å². The molecular weight excluding hydrogens is 580 g/mol. The zero-order valence-electron chi connectivity index (χ0n) is 24.3. The second-order valence-corrected chi connectivity index (χ2v) is 14.0. The van der Waals surface area contributed by atoms with Crippen LogP contribution in [0, 0.1) is 5.41 Å². The molecule has 5 aromatic rings. The van der Waals surface area contributed by atoms with Gasteiger partial charge in [-0.1, -0.05) is 67.1 Å². The number of carboxylic acids is 1. The molecule has 0 bridgehead atoms. The lowest BCUT2D eigenvalue weighted by atomic mass is 9.87. The molecule has 1 unspecified atom stereocenters. The summed E-state index contributed by atoms with van der Waals surface area (Å²) in [6, 6.07) is 25.8. The first-order valence-corrected chi connectivity index (χ1v) is 15.9. The van der Waals surface area contributed by atoms with Crippen LogP contribution in [0.4, 0.5) is 0 Å². The number of ether oxygens (including phenoxy) is 1. The van der Waals surface area contributed by atoms with E-state index in [4.69, 9.17) is 16.3 Å². The Morgan fingerprint density at radius 3 is 2.47 bits per heavy atom. The average molecular weight is 613 g/mol. The van der Waals surface area contributed by atoms with Gasteiger partial charge in [-0.25, -0.2) is 0 Å². The predicted octanol–water partition coefficient (Wildman–Crippen LogP) is 7.69. The Morgan fingerprint density at radius 1 is 1.05 bits per heavy atom. The molecule has 220 valence electrons. The zero-order chi connectivity index (χ0) is 30.3. The lowest BCUT2D eigenvalue weighted by molar-refractivity contribution is -0.146. The number of carboxylic acid groups (broad SMARTS) is 1. The number of hydrogen-bond acceptors (Lipinski definition) is 4. The third kappa shape index (κ3) is 5.71. The van der Waals surface area contributed by atoms with E-state index in [1.165, 1.54) is 0 Å². The maximum atomic E-state index is 13.9. The molecule has 0 fully saturated rings. The van der Waals surface area contributed by atoms with Crippen molar-refractivity contribution in [3.05, 3.63) is 113 Å². The van der Waals surface area contributed by atoms with Gasteiger partial charge in [0.15, 0.2) is 0 Å². The summed E-state index contributed by atoms with van der Waals surface area (Å²) in [5.41, 5.74) is 5.65. The minimum absolute atomic E-state index is 0.151. The summed E-state index contributed by atoms with van der Waals surface area (Å²) >= 11 is 6.15. The van der Waals surface area contributed by atoms with E-state index in [1.54, 1.807) is 13.8 Å². The fraction of sp³-hybridized carbons (Fsp3) is 0.257. The van der Waals surface area contributed by atoms with Crippen molar-refractivity contribution in [3.63, 3.8) is 0 Å². The summed E-state index contributed by atoms with van der Waals surface area (Å²) in [5.74, 6) is -0.161. The monoisotopic (exact) mass is 612 g/mol. The van der Waals surface area contributed by atoms with E-state index in [1.807, 2.05) is 79.9 Å². The Kier molecular flexibility index (Phi) is 7.88. The van der Waals surface area contributed by atoms with Gasteiger partial charge < -0.3 is 14.4 Å². The van der Waals surface area contributed by atoms with Crippen molar-refractivity contribution < 1.29 is 18.8 Å². The Bertz CT molecular complexity index is 1830. The Morgan fingerprint density at radius 2 is 1.79 bits per heavy atom. The van der Waals surface area contributed by atoms with Crippen molar-refractivity contribution in [1.82, 2.24) is 9.55 Å².